The molecule has 17 heavy (non-hydrogen) atoms. The molecule has 0 saturated carbocycles. The number of methoxy groups -OCH3 is 1. The van der Waals surface area contributed by atoms with E-state index >= 15 is 0 Å². The first-order valence-electron chi connectivity index (χ1n) is 5.72. The van der Waals surface area contributed by atoms with Crippen LogP contribution < -0.4 is 10.5 Å². The fourth-order valence-electron chi connectivity index (χ4n) is 1.88. The van der Waals surface area contributed by atoms with Gasteiger partial charge in [-0.1, -0.05) is 18.2 Å². The van der Waals surface area contributed by atoms with Crippen molar-refractivity contribution in [1.82, 2.24) is 0 Å². The first-order valence-corrected chi connectivity index (χ1v) is 5.72. The number of hydrogen-bond donors (Lipinski definition) is 1. The van der Waals surface area contributed by atoms with Crippen LogP contribution in [0, 0.1) is 0 Å². The summed E-state index contributed by atoms with van der Waals surface area (Å²) in [5.41, 5.74) is 7.21. The molecule has 0 aliphatic carbocycles. The Hall–Kier alpha value is -1.74. The maximum Gasteiger partial charge on any atom is 0.123 e. The summed E-state index contributed by atoms with van der Waals surface area (Å²) in [7, 11) is 1.66. The van der Waals surface area contributed by atoms with Crippen LogP contribution in [0.25, 0.3) is 0 Å². The minimum absolute atomic E-state index is 0.0313. The monoisotopic (exact) mass is 231 g/mol. The van der Waals surface area contributed by atoms with Crippen molar-refractivity contribution >= 4 is 0 Å². The van der Waals surface area contributed by atoms with Crippen LogP contribution in [0.15, 0.2) is 47.1 Å². The van der Waals surface area contributed by atoms with Gasteiger partial charge >= 0.3 is 0 Å². The second-order valence-corrected chi connectivity index (χ2v) is 3.97. The molecule has 1 aromatic heterocycles. The van der Waals surface area contributed by atoms with Crippen LogP contribution >= 0.6 is 0 Å². The fourth-order valence-corrected chi connectivity index (χ4v) is 1.88. The van der Waals surface area contributed by atoms with Crippen LogP contribution in [-0.4, -0.2) is 7.11 Å². The number of para-hydroxylation sites is 1. The third kappa shape index (κ3) is 2.88. The van der Waals surface area contributed by atoms with Crippen molar-refractivity contribution in [2.24, 2.45) is 5.73 Å². The lowest BCUT2D eigenvalue weighted by atomic mass is 10.0. The first-order chi connectivity index (χ1) is 8.31. The largest absolute Gasteiger partial charge is 0.496 e. The molecule has 1 heterocycles. The van der Waals surface area contributed by atoms with Gasteiger partial charge in [-0.3, -0.25) is 0 Å². The van der Waals surface area contributed by atoms with Crippen molar-refractivity contribution in [2.45, 2.75) is 18.9 Å². The number of furan rings is 1. The first kappa shape index (κ1) is 11.7. The zero-order valence-electron chi connectivity index (χ0n) is 9.93. The van der Waals surface area contributed by atoms with E-state index in [1.54, 1.807) is 13.4 Å². The van der Waals surface area contributed by atoms with Crippen LogP contribution in [0.4, 0.5) is 0 Å². The predicted octanol–water partition coefficient (Wildman–Crippen LogP) is 2.92. The normalized spacial score (nSPS) is 12.4. The third-order valence-electron chi connectivity index (χ3n) is 2.82. The van der Waals surface area contributed by atoms with Crippen LogP contribution in [0.1, 0.15) is 23.8 Å². The van der Waals surface area contributed by atoms with E-state index < -0.39 is 0 Å². The molecule has 0 fully saturated rings. The number of nitrogens with two attached hydrogens (primary N) is 1. The van der Waals surface area contributed by atoms with E-state index in [0.717, 1.165) is 29.9 Å². The van der Waals surface area contributed by atoms with Crippen LogP contribution in [0.3, 0.4) is 0 Å². The molecule has 0 amide bonds. The van der Waals surface area contributed by atoms with Gasteiger partial charge in [-0.2, -0.15) is 0 Å². The van der Waals surface area contributed by atoms with Crippen molar-refractivity contribution in [3.63, 3.8) is 0 Å². The van der Waals surface area contributed by atoms with Crippen LogP contribution in [-0.2, 0) is 6.42 Å². The number of rotatable bonds is 5. The molecule has 2 N–H and O–H groups in total. The Morgan fingerprint density at radius 3 is 2.76 bits per heavy atom. The average molecular weight is 231 g/mol. The van der Waals surface area contributed by atoms with Crippen molar-refractivity contribution < 1.29 is 9.15 Å². The van der Waals surface area contributed by atoms with Crippen LogP contribution in [0.5, 0.6) is 5.75 Å². The van der Waals surface area contributed by atoms with Gasteiger partial charge in [0, 0.05) is 18.0 Å². The molecule has 2 rings (SSSR count). The summed E-state index contributed by atoms with van der Waals surface area (Å²) >= 11 is 0. The summed E-state index contributed by atoms with van der Waals surface area (Å²) in [6.07, 6.45) is 3.37. The average Bonchev–Trinajstić information content (AvgIpc) is 2.89. The SMILES string of the molecule is COc1ccccc1C(N)CCc1ccco1. The van der Waals surface area contributed by atoms with Gasteiger partial charge in [0.15, 0.2) is 0 Å². The predicted molar refractivity (Wildman–Crippen MR) is 67.0 cm³/mol. The lowest BCUT2D eigenvalue weighted by Crippen LogP contribution is -2.12. The highest BCUT2D eigenvalue weighted by Crippen LogP contribution is 2.26. The van der Waals surface area contributed by atoms with Gasteiger partial charge in [0.25, 0.3) is 0 Å². The minimum atomic E-state index is -0.0313. The Morgan fingerprint density at radius 1 is 1.24 bits per heavy atom. The molecule has 0 spiro atoms. The molecule has 0 saturated heterocycles. The minimum Gasteiger partial charge on any atom is -0.496 e. The molecule has 90 valence electrons. The molecule has 1 aromatic carbocycles. The second kappa shape index (κ2) is 5.55. The number of ether oxygens (including phenoxy) is 1. The van der Waals surface area contributed by atoms with Crippen LogP contribution in [0.2, 0.25) is 0 Å². The molecule has 0 radical (unpaired) electrons. The van der Waals surface area contributed by atoms with Crippen molar-refractivity contribution in [2.75, 3.05) is 7.11 Å². The van der Waals surface area contributed by atoms with Crippen molar-refractivity contribution in [1.29, 1.82) is 0 Å². The Balaban J connectivity index is 2.01. The van der Waals surface area contributed by atoms with E-state index in [2.05, 4.69) is 0 Å². The maximum absolute atomic E-state index is 6.17. The molecular formula is C14H17NO2. The number of aryl methyl sites for hydroxylation is 1. The van der Waals surface area contributed by atoms with Gasteiger partial charge in [0.1, 0.15) is 11.5 Å². The van der Waals surface area contributed by atoms with Crippen molar-refractivity contribution in [3.8, 4) is 5.75 Å². The van der Waals surface area contributed by atoms with Crippen molar-refractivity contribution in [3.05, 3.63) is 54.0 Å². The zero-order chi connectivity index (χ0) is 12.1. The molecule has 2 aromatic rings. The maximum atomic E-state index is 6.17. The summed E-state index contributed by atoms with van der Waals surface area (Å²) < 4.78 is 10.6. The summed E-state index contributed by atoms with van der Waals surface area (Å²) in [5, 5.41) is 0. The molecular weight excluding hydrogens is 214 g/mol. The van der Waals surface area contributed by atoms with Gasteiger partial charge in [-0.05, 0) is 24.6 Å². The highest BCUT2D eigenvalue weighted by atomic mass is 16.5. The summed E-state index contributed by atoms with van der Waals surface area (Å²) in [6, 6.07) is 11.7. The van der Waals surface area contributed by atoms with E-state index in [9.17, 15) is 0 Å². The van der Waals surface area contributed by atoms with Gasteiger partial charge < -0.3 is 14.9 Å². The topological polar surface area (TPSA) is 48.4 Å². The quantitative estimate of drug-likeness (QED) is 0.860. The second-order valence-electron chi connectivity index (χ2n) is 3.97. The van der Waals surface area contributed by atoms with E-state index in [0.29, 0.717) is 0 Å². The molecule has 0 bridgehead atoms. The van der Waals surface area contributed by atoms with E-state index in [-0.39, 0.29) is 6.04 Å². The molecule has 3 nitrogen and oxygen atoms in total. The Bertz CT molecular complexity index is 451. The molecule has 0 aliphatic rings. The lowest BCUT2D eigenvalue weighted by Gasteiger charge is -2.14. The Kier molecular flexibility index (Phi) is 3.83. The standard InChI is InChI=1S/C14H17NO2/c1-16-14-7-3-2-6-12(14)13(15)9-8-11-5-4-10-17-11/h2-7,10,13H,8-9,15H2,1H3. The molecule has 0 aliphatic heterocycles. The smallest absolute Gasteiger partial charge is 0.123 e. The zero-order valence-corrected chi connectivity index (χ0v) is 9.93. The van der Waals surface area contributed by atoms with Gasteiger partial charge in [-0.25, -0.2) is 0 Å². The number of benzene rings is 1. The highest BCUT2D eigenvalue weighted by Gasteiger charge is 2.11. The number of hydrogen-bond acceptors (Lipinski definition) is 3. The van der Waals surface area contributed by atoms with E-state index in [1.807, 2.05) is 36.4 Å². The third-order valence-corrected chi connectivity index (χ3v) is 2.82. The van der Waals surface area contributed by atoms with E-state index in [1.165, 1.54) is 0 Å². The highest BCUT2D eigenvalue weighted by molar-refractivity contribution is 5.35. The summed E-state index contributed by atoms with van der Waals surface area (Å²) in [5.74, 6) is 1.81. The Labute approximate surface area is 101 Å². The summed E-state index contributed by atoms with van der Waals surface area (Å²) in [4.78, 5) is 0. The van der Waals surface area contributed by atoms with Gasteiger partial charge in [-0.15, -0.1) is 0 Å². The fraction of sp³-hybridized carbons (Fsp3) is 0.286. The molecule has 1 unspecified atom stereocenters. The molecule has 1 atom stereocenters. The van der Waals surface area contributed by atoms with Gasteiger partial charge in [0.05, 0.1) is 13.4 Å². The Morgan fingerprint density at radius 2 is 2.06 bits per heavy atom. The summed E-state index contributed by atoms with van der Waals surface area (Å²) in [6.45, 7) is 0. The lowest BCUT2D eigenvalue weighted by molar-refractivity contribution is 0.403. The van der Waals surface area contributed by atoms with E-state index in [4.69, 9.17) is 14.9 Å². The molecule has 3 heteroatoms. The van der Waals surface area contributed by atoms with Gasteiger partial charge in [0.2, 0.25) is 0 Å².